The van der Waals surface area contributed by atoms with Gasteiger partial charge in [-0.25, -0.2) is 4.39 Å². The van der Waals surface area contributed by atoms with Crippen molar-refractivity contribution in [1.82, 2.24) is 0 Å². The monoisotopic (exact) mass is 378 g/mol. The van der Waals surface area contributed by atoms with E-state index in [2.05, 4.69) is 6.92 Å². The second kappa shape index (κ2) is 10.5. The molecule has 0 amide bonds. The van der Waals surface area contributed by atoms with Crippen LogP contribution in [0.15, 0.2) is 18.2 Å². The minimum Gasteiger partial charge on any atom is -0.493 e. The van der Waals surface area contributed by atoms with Gasteiger partial charge in [0.1, 0.15) is 11.6 Å². The first kappa shape index (κ1) is 16.7. The molecule has 0 unspecified atom stereocenters. The van der Waals surface area contributed by atoms with Gasteiger partial charge in [-0.3, -0.25) is 0 Å². The summed E-state index contributed by atoms with van der Waals surface area (Å²) in [4.78, 5) is 0. The maximum absolute atomic E-state index is 13.3. The Morgan fingerprint density at radius 1 is 1.00 bits per heavy atom. The second-order valence-corrected chi connectivity index (χ2v) is 6.06. The lowest BCUT2D eigenvalue weighted by molar-refractivity contribution is 0.302. The third-order valence-corrected chi connectivity index (χ3v) is 4.03. The molecule has 0 heterocycles. The summed E-state index contributed by atoms with van der Waals surface area (Å²) in [6.07, 6.45) is 10.3. The van der Waals surface area contributed by atoms with Crippen LogP contribution in [0.4, 0.5) is 4.39 Å². The quantitative estimate of drug-likeness (QED) is 0.361. The average molecular weight is 378 g/mol. The molecule has 3 heteroatoms. The Bertz CT molecular complexity index is 355. The molecule has 0 atom stereocenters. The van der Waals surface area contributed by atoms with E-state index in [1.807, 2.05) is 28.7 Å². The Kier molecular flexibility index (Phi) is 9.22. The van der Waals surface area contributed by atoms with Crippen LogP contribution in [-0.2, 0) is 0 Å². The fourth-order valence-corrected chi connectivity index (χ4v) is 2.33. The van der Waals surface area contributed by atoms with E-state index < -0.39 is 0 Å². The summed E-state index contributed by atoms with van der Waals surface area (Å²) in [6.45, 7) is 2.93. The molecular weight excluding hydrogens is 354 g/mol. The normalized spacial score (nSPS) is 10.7. The zero-order valence-corrected chi connectivity index (χ0v) is 13.9. The van der Waals surface area contributed by atoms with Crippen molar-refractivity contribution < 1.29 is 9.13 Å². The van der Waals surface area contributed by atoms with Gasteiger partial charge in [0.2, 0.25) is 0 Å². The average Bonchev–Trinajstić information content (AvgIpc) is 2.41. The fraction of sp³-hybridized carbons (Fsp3) is 0.625. The van der Waals surface area contributed by atoms with E-state index in [-0.39, 0.29) is 5.82 Å². The minimum atomic E-state index is -0.200. The highest BCUT2D eigenvalue weighted by Crippen LogP contribution is 2.18. The molecule has 0 spiro atoms. The number of rotatable bonds is 10. The molecule has 0 aliphatic rings. The smallest absolute Gasteiger partial charge is 0.140 e. The van der Waals surface area contributed by atoms with Gasteiger partial charge < -0.3 is 4.74 Å². The van der Waals surface area contributed by atoms with Gasteiger partial charge in [0, 0.05) is 9.64 Å². The third kappa shape index (κ3) is 7.75. The van der Waals surface area contributed by atoms with Crippen molar-refractivity contribution in [2.24, 2.45) is 0 Å². The summed E-state index contributed by atoms with van der Waals surface area (Å²) >= 11 is 1.98. The van der Waals surface area contributed by atoms with Crippen molar-refractivity contribution in [3.05, 3.63) is 27.6 Å². The fourth-order valence-electron chi connectivity index (χ4n) is 1.99. The summed E-state index contributed by atoms with van der Waals surface area (Å²) in [5.41, 5.74) is 0. The van der Waals surface area contributed by atoms with Gasteiger partial charge in [-0.1, -0.05) is 51.9 Å². The Morgan fingerprint density at radius 3 is 2.26 bits per heavy atom. The molecular formula is C16H24FIO. The maximum atomic E-state index is 13.3. The van der Waals surface area contributed by atoms with Crippen LogP contribution < -0.4 is 4.74 Å². The third-order valence-electron chi connectivity index (χ3n) is 3.16. The van der Waals surface area contributed by atoms with Crippen LogP contribution in [0.5, 0.6) is 5.75 Å². The van der Waals surface area contributed by atoms with Crippen molar-refractivity contribution >= 4 is 22.6 Å². The Hall–Kier alpha value is -0.320. The molecule has 0 radical (unpaired) electrons. The zero-order valence-electron chi connectivity index (χ0n) is 11.8. The molecule has 0 fully saturated rings. The first-order valence-electron chi connectivity index (χ1n) is 7.32. The molecule has 1 nitrogen and oxygen atoms in total. The molecule has 1 rings (SSSR count). The summed E-state index contributed by atoms with van der Waals surface area (Å²) in [7, 11) is 0. The molecule has 108 valence electrons. The molecule has 0 aliphatic carbocycles. The van der Waals surface area contributed by atoms with Gasteiger partial charge in [-0.2, -0.15) is 0 Å². The Balaban J connectivity index is 2.00. The molecule has 0 bridgehead atoms. The predicted octanol–water partition coefficient (Wildman–Crippen LogP) is 5.95. The molecule has 1 aromatic rings. The number of benzene rings is 1. The lowest BCUT2D eigenvalue weighted by atomic mass is 10.1. The van der Waals surface area contributed by atoms with Crippen LogP contribution in [0.25, 0.3) is 0 Å². The van der Waals surface area contributed by atoms with Crippen LogP contribution in [0.3, 0.4) is 0 Å². The van der Waals surface area contributed by atoms with Gasteiger partial charge in [0.25, 0.3) is 0 Å². The summed E-state index contributed by atoms with van der Waals surface area (Å²) < 4.78 is 19.4. The van der Waals surface area contributed by atoms with Crippen molar-refractivity contribution in [2.45, 2.75) is 58.3 Å². The van der Waals surface area contributed by atoms with Crippen LogP contribution in [0.1, 0.15) is 58.3 Å². The highest BCUT2D eigenvalue weighted by atomic mass is 127. The maximum Gasteiger partial charge on any atom is 0.140 e. The lowest BCUT2D eigenvalue weighted by Crippen LogP contribution is -1.98. The molecule has 0 aromatic heterocycles. The van der Waals surface area contributed by atoms with E-state index >= 15 is 0 Å². The molecule has 0 saturated heterocycles. The highest BCUT2D eigenvalue weighted by Gasteiger charge is 2.01. The van der Waals surface area contributed by atoms with E-state index in [9.17, 15) is 4.39 Å². The number of hydrogen-bond donors (Lipinski definition) is 0. The lowest BCUT2D eigenvalue weighted by Gasteiger charge is -2.06. The second-order valence-electron chi connectivity index (χ2n) is 4.90. The molecule has 0 N–H and O–H groups in total. The number of halogens is 2. The van der Waals surface area contributed by atoms with Crippen LogP contribution in [0, 0.1) is 9.39 Å². The van der Waals surface area contributed by atoms with Gasteiger partial charge in [-0.05, 0) is 41.1 Å². The highest BCUT2D eigenvalue weighted by molar-refractivity contribution is 14.1. The zero-order chi connectivity index (χ0) is 13.9. The van der Waals surface area contributed by atoms with E-state index in [0.717, 1.165) is 6.42 Å². The molecule has 0 aliphatic heterocycles. The first-order valence-corrected chi connectivity index (χ1v) is 8.39. The van der Waals surface area contributed by atoms with Gasteiger partial charge in [0.05, 0.1) is 6.61 Å². The number of unbranched alkanes of at least 4 members (excludes halogenated alkanes) is 7. The topological polar surface area (TPSA) is 9.23 Å². The summed E-state index contributed by atoms with van der Waals surface area (Å²) in [6, 6.07) is 5.04. The largest absolute Gasteiger partial charge is 0.493 e. The van der Waals surface area contributed by atoms with E-state index in [1.54, 1.807) is 6.07 Å². The minimum absolute atomic E-state index is 0.200. The SMILES string of the molecule is CCCCCCCCCCOc1ccc(I)c(F)c1. The number of ether oxygens (including phenoxy) is 1. The van der Waals surface area contributed by atoms with Crippen LogP contribution in [0.2, 0.25) is 0 Å². The molecule has 19 heavy (non-hydrogen) atoms. The number of hydrogen-bond acceptors (Lipinski definition) is 1. The van der Waals surface area contributed by atoms with Gasteiger partial charge in [-0.15, -0.1) is 0 Å². The van der Waals surface area contributed by atoms with Crippen LogP contribution in [-0.4, -0.2) is 6.61 Å². The standard InChI is InChI=1S/C16H24FIO/c1-2-3-4-5-6-7-8-9-12-19-14-10-11-16(18)15(17)13-14/h10-11,13H,2-9,12H2,1H3. The van der Waals surface area contributed by atoms with Crippen molar-refractivity contribution in [3.63, 3.8) is 0 Å². The van der Waals surface area contributed by atoms with E-state index in [4.69, 9.17) is 4.74 Å². The van der Waals surface area contributed by atoms with Crippen molar-refractivity contribution in [3.8, 4) is 5.75 Å². The van der Waals surface area contributed by atoms with Crippen LogP contribution >= 0.6 is 22.6 Å². The molecule has 0 saturated carbocycles. The predicted molar refractivity (Wildman–Crippen MR) is 87.2 cm³/mol. The molecule has 1 aromatic carbocycles. The Morgan fingerprint density at radius 2 is 1.63 bits per heavy atom. The van der Waals surface area contributed by atoms with Gasteiger partial charge >= 0.3 is 0 Å². The van der Waals surface area contributed by atoms with Gasteiger partial charge in [0.15, 0.2) is 0 Å². The van der Waals surface area contributed by atoms with E-state index in [0.29, 0.717) is 15.9 Å². The first-order chi connectivity index (χ1) is 9.24. The van der Waals surface area contributed by atoms with Crippen molar-refractivity contribution in [1.29, 1.82) is 0 Å². The Labute approximate surface area is 130 Å². The van der Waals surface area contributed by atoms with Crippen molar-refractivity contribution in [2.75, 3.05) is 6.61 Å². The van der Waals surface area contributed by atoms with E-state index in [1.165, 1.54) is 51.0 Å². The summed E-state index contributed by atoms with van der Waals surface area (Å²) in [5, 5.41) is 0. The summed E-state index contributed by atoms with van der Waals surface area (Å²) in [5.74, 6) is 0.440.